The monoisotopic (exact) mass is 368 g/mol. The minimum Gasteiger partial charge on any atom is -0.410 e. The lowest BCUT2D eigenvalue weighted by Gasteiger charge is -2.20. The molecule has 1 atom stereocenters. The molecule has 2 amide bonds. The molecule has 0 fully saturated rings. The van der Waals surface area contributed by atoms with Crippen LogP contribution < -0.4 is 14.8 Å². The molecule has 146 valence electrons. The van der Waals surface area contributed by atoms with Crippen LogP contribution in [0, 0.1) is 0 Å². The first-order valence-corrected chi connectivity index (χ1v) is 8.34. The Morgan fingerprint density at radius 3 is 1.77 bits per heavy atom. The van der Waals surface area contributed by atoms with E-state index in [2.05, 4.69) is 0 Å². The number of aliphatic hydroxyl groups excluding tert-OH is 1. The van der Waals surface area contributed by atoms with Crippen molar-refractivity contribution in [2.75, 3.05) is 34.7 Å². The Kier molecular flexibility index (Phi) is 7.41. The first-order valence-electron chi connectivity index (χ1n) is 8.34. The molecule has 0 aliphatic rings. The molecule has 0 unspecified atom stereocenters. The maximum absolute atomic E-state index is 11.8. The van der Waals surface area contributed by atoms with Crippen LogP contribution in [0.4, 0.5) is 9.59 Å². The van der Waals surface area contributed by atoms with E-state index in [1.807, 2.05) is 26.1 Å². The topological polar surface area (TPSA) is 95.9 Å². The van der Waals surface area contributed by atoms with Crippen molar-refractivity contribution in [3.8, 4) is 11.5 Å². The lowest BCUT2D eigenvalue weighted by atomic mass is 10.1. The number of carbonyl (C=O) groups is 2. The van der Waals surface area contributed by atoms with E-state index >= 15 is 0 Å². The summed E-state index contributed by atoms with van der Waals surface area (Å²) in [5, 5.41) is 12.5. The largest absolute Gasteiger partial charge is 0.414 e. The van der Waals surface area contributed by atoms with Crippen LogP contribution in [0.25, 0.3) is 0 Å². The van der Waals surface area contributed by atoms with Gasteiger partial charge in [0.05, 0.1) is 5.54 Å². The molecule has 3 N–H and O–H groups in total. The summed E-state index contributed by atoms with van der Waals surface area (Å²) in [5.41, 5.74) is 0.451. The lowest BCUT2D eigenvalue weighted by Crippen LogP contribution is -2.95. The zero-order valence-corrected chi connectivity index (χ0v) is 16.6. The molecule has 0 radical (unpaired) electrons. The number of amides is 2. The highest BCUT2D eigenvalue weighted by Crippen LogP contribution is 2.27. The van der Waals surface area contributed by atoms with E-state index in [4.69, 9.17) is 9.47 Å². The van der Waals surface area contributed by atoms with Crippen LogP contribution >= 0.6 is 0 Å². The number of hydrogen-bond acceptors (Lipinski definition) is 5. The molecule has 26 heavy (non-hydrogen) atoms. The number of ether oxygens (including phenoxy) is 2. The molecule has 8 heteroatoms. The third-order valence-electron chi connectivity index (χ3n) is 3.38. The highest BCUT2D eigenvalue weighted by atomic mass is 16.6. The minimum absolute atomic E-state index is 0.0454. The predicted molar refractivity (Wildman–Crippen MR) is 97.4 cm³/mol. The quantitative estimate of drug-likeness (QED) is 0.814. The van der Waals surface area contributed by atoms with Gasteiger partial charge in [0, 0.05) is 34.3 Å². The smallest absolute Gasteiger partial charge is 0.410 e. The Morgan fingerprint density at radius 1 is 1.00 bits per heavy atom. The fourth-order valence-electron chi connectivity index (χ4n) is 1.89. The van der Waals surface area contributed by atoms with E-state index in [9.17, 15) is 14.7 Å². The van der Waals surface area contributed by atoms with Crippen LogP contribution in [0.2, 0.25) is 0 Å². The molecule has 0 aliphatic carbocycles. The van der Waals surface area contributed by atoms with Crippen LogP contribution in [0.1, 0.15) is 32.4 Å². The Morgan fingerprint density at radius 2 is 1.42 bits per heavy atom. The van der Waals surface area contributed by atoms with E-state index in [1.54, 1.807) is 40.3 Å². The number of benzene rings is 1. The number of quaternary nitrogens is 1. The zero-order valence-electron chi connectivity index (χ0n) is 16.6. The number of carbonyl (C=O) groups excluding carboxylic acids is 2. The first kappa shape index (κ1) is 21.7. The molecule has 0 saturated heterocycles. The average molecular weight is 368 g/mol. The Labute approximate surface area is 154 Å². The first-order chi connectivity index (χ1) is 11.9. The molecule has 0 saturated carbocycles. The van der Waals surface area contributed by atoms with Gasteiger partial charge in [-0.05, 0) is 38.5 Å². The number of nitrogens with zero attached hydrogens (tertiary/aromatic N) is 2. The Bertz CT molecular complexity index is 598. The molecule has 0 aromatic heterocycles. The second kappa shape index (κ2) is 8.86. The second-order valence-corrected chi connectivity index (χ2v) is 7.58. The minimum atomic E-state index is -0.816. The lowest BCUT2D eigenvalue weighted by molar-refractivity contribution is -0.722. The van der Waals surface area contributed by atoms with Gasteiger partial charge in [0.1, 0.15) is 24.1 Å². The van der Waals surface area contributed by atoms with Gasteiger partial charge in [-0.2, -0.15) is 0 Å². The zero-order chi connectivity index (χ0) is 20.1. The van der Waals surface area contributed by atoms with Crippen molar-refractivity contribution in [1.29, 1.82) is 0 Å². The summed E-state index contributed by atoms with van der Waals surface area (Å²) < 4.78 is 10.5. The summed E-state index contributed by atoms with van der Waals surface area (Å²) >= 11 is 0. The molecular formula is C18H30N3O5+. The fraction of sp³-hybridized carbons (Fsp3) is 0.556. The van der Waals surface area contributed by atoms with Crippen molar-refractivity contribution in [3.05, 3.63) is 23.8 Å². The van der Waals surface area contributed by atoms with Gasteiger partial charge in [-0.25, -0.2) is 9.59 Å². The van der Waals surface area contributed by atoms with Gasteiger partial charge in [0.15, 0.2) is 0 Å². The molecular weight excluding hydrogens is 338 g/mol. The molecule has 0 aliphatic heterocycles. The van der Waals surface area contributed by atoms with E-state index in [0.717, 1.165) is 0 Å². The van der Waals surface area contributed by atoms with Crippen molar-refractivity contribution in [1.82, 2.24) is 9.80 Å². The van der Waals surface area contributed by atoms with Crippen molar-refractivity contribution in [2.24, 2.45) is 0 Å². The summed E-state index contributed by atoms with van der Waals surface area (Å²) in [5.74, 6) is 0.384. The van der Waals surface area contributed by atoms with E-state index in [1.165, 1.54) is 15.9 Å². The van der Waals surface area contributed by atoms with Crippen LogP contribution in [-0.4, -0.2) is 67.4 Å². The summed E-state index contributed by atoms with van der Waals surface area (Å²) in [6.07, 6.45) is -1.95. The Hall–Kier alpha value is -2.32. The standard InChI is InChI=1S/C18H29N3O5/c1-18(2,3)19-11-15(22)12-8-13(25-16(23)20(4)5)10-14(9-12)26-17(24)21(6)7/h8-10,15,19,22H,11H2,1-7H3/p+1/t15-/m0/s1. The summed E-state index contributed by atoms with van der Waals surface area (Å²) in [7, 11) is 6.25. The highest BCUT2D eigenvalue weighted by molar-refractivity contribution is 5.72. The van der Waals surface area contributed by atoms with Gasteiger partial charge in [-0.15, -0.1) is 0 Å². The number of aliphatic hydroxyl groups is 1. The maximum atomic E-state index is 11.8. The molecule has 0 spiro atoms. The highest BCUT2D eigenvalue weighted by Gasteiger charge is 2.20. The van der Waals surface area contributed by atoms with Crippen molar-refractivity contribution in [2.45, 2.75) is 32.4 Å². The number of nitrogens with two attached hydrogens (primary N) is 1. The van der Waals surface area contributed by atoms with E-state index in [-0.39, 0.29) is 17.0 Å². The molecule has 0 bridgehead atoms. The predicted octanol–water partition coefficient (Wildman–Crippen LogP) is 1.20. The average Bonchev–Trinajstić information content (AvgIpc) is 2.51. The van der Waals surface area contributed by atoms with Crippen molar-refractivity contribution in [3.63, 3.8) is 0 Å². The van der Waals surface area contributed by atoms with Crippen LogP contribution in [-0.2, 0) is 0 Å². The molecule has 1 aromatic rings. The van der Waals surface area contributed by atoms with Gasteiger partial charge >= 0.3 is 12.2 Å². The normalized spacial score (nSPS) is 12.3. The van der Waals surface area contributed by atoms with Gasteiger partial charge in [0.2, 0.25) is 0 Å². The van der Waals surface area contributed by atoms with Crippen LogP contribution in [0.15, 0.2) is 18.2 Å². The summed E-state index contributed by atoms with van der Waals surface area (Å²) in [6.45, 7) is 6.54. The Balaban J connectivity index is 3.10. The van der Waals surface area contributed by atoms with Crippen LogP contribution in [0.3, 0.4) is 0 Å². The number of hydrogen-bond donors (Lipinski definition) is 2. The molecule has 8 nitrogen and oxygen atoms in total. The summed E-state index contributed by atoms with van der Waals surface area (Å²) in [6, 6.07) is 4.57. The summed E-state index contributed by atoms with van der Waals surface area (Å²) in [4.78, 5) is 26.2. The maximum Gasteiger partial charge on any atom is 0.414 e. The molecule has 0 heterocycles. The molecule has 1 aromatic carbocycles. The van der Waals surface area contributed by atoms with E-state index in [0.29, 0.717) is 12.1 Å². The third kappa shape index (κ3) is 7.28. The van der Waals surface area contributed by atoms with E-state index < -0.39 is 18.3 Å². The number of rotatable bonds is 5. The van der Waals surface area contributed by atoms with Crippen LogP contribution in [0.5, 0.6) is 11.5 Å². The molecule has 1 rings (SSSR count). The second-order valence-electron chi connectivity index (χ2n) is 7.58. The SMILES string of the molecule is CN(C)C(=O)Oc1cc(OC(=O)N(C)C)cc([C@@H](O)C[NH2+]C(C)(C)C)c1. The van der Waals surface area contributed by atoms with Gasteiger partial charge < -0.3 is 29.7 Å². The van der Waals surface area contributed by atoms with Crippen molar-refractivity contribution < 1.29 is 29.5 Å². The van der Waals surface area contributed by atoms with Gasteiger partial charge in [-0.1, -0.05) is 0 Å². The van der Waals surface area contributed by atoms with Crippen molar-refractivity contribution >= 4 is 12.2 Å². The third-order valence-corrected chi connectivity index (χ3v) is 3.38. The fourth-order valence-corrected chi connectivity index (χ4v) is 1.89. The van der Waals surface area contributed by atoms with Gasteiger partial charge in [0.25, 0.3) is 0 Å². The van der Waals surface area contributed by atoms with Gasteiger partial charge in [-0.3, -0.25) is 0 Å².